The second-order valence-corrected chi connectivity index (χ2v) is 16.5. The first-order valence-electron chi connectivity index (χ1n) is 20.8. The number of carbonyl (C=O) groups excluding carboxylic acids is 2. The topological polar surface area (TPSA) is 132 Å². The van der Waals surface area contributed by atoms with Gasteiger partial charge in [0.15, 0.2) is 12.1 Å². The molecule has 2 saturated heterocycles. The van der Waals surface area contributed by atoms with Crippen LogP contribution in [0.5, 0.6) is 0 Å². The van der Waals surface area contributed by atoms with Crippen LogP contribution in [0, 0.1) is 23.7 Å². The highest BCUT2D eigenvalue weighted by Gasteiger charge is 2.47. The van der Waals surface area contributed by atoms with Crippen molar-refractivity contribution in [3.63, 3.8) is 0 Å². The third-order valence-electron chi connectivity index (χ3n) is 11.8. The van der Waals surface area contributed by atoms with E-state index in [-0.39, 0.29) is 30.0 Å². The first kappa shape index (κ1) is 45.7. The van der Waals surface area contributed by atoms with Gasteiger partial charge in [0, 0.05) is 24.3 Å². The highest BCUT2D eigenvalue weighted by atomic mass is 16.7. The third-order valence-corrected chi connectivity index (χ3v) is 11.8. The molecule has 0 aromatic rings. The Hall–Kier alpha value is -1.70. The predicted octanol–water partition coefficient (Wildman–Crippen LogP) is 4.82. The summed E-state index contributed by atoms with van der Waals surface area (Å²) in [5.41, 5.74) is 0.941. The summed E-state index contributed by atoms with van der Waals surface area (Å²) < 4.78 is 19.1. The van der Waals surface area contributed by atoms with Gasteiger partial charge in [0.05, 0.1) is 36.9 Å². The number of rotatable bonds is 13. The zero-order valence-electron chi connectivity index (χ0n) is 34.5. The number of aliphatic hydroxyl groups excluding tert-OH is 3. The van der Waals surface area contributed by atoms with Crippen molar-refractivity contribution in [3.05, 3.63) is 23.8 Å². The Labute approximate surface area is 321 Å². The zero-order chi connectivity index (χ0) is 39.2. The maximum atomic E-state index is 13.8. The number of aliphatic hydroxyl groups is 3. The molecule has 12 atom stereocenters. The van der Waals surface area contributed by atoms with E-state index in [9.17, 15) is 24.9 Å². The van der Waals surface area contributed by atoms with Crippen LogP contribution in [0.1, 0.15) is 106 Å². The molecule has 306 valence electrons. The van der Waals surface area contributed by atoms with E-state index in [1.165, 1.54) is 6.42 Å². The Morgan fingerprint density at radius 1 is 0.943 bits per heavy atom. The van der Waals surface area contributed by atoms with Crippen molar-refractivity contribution in [2.75, 3.05) is 53.4 Å². The quantitative estimate of drug-likeness (QED) is 0.224. The summed E-state index contributed by atoms with van der Waals surface area (Å²) in [6.07, 6.45) is 6.86. The number of ether oxygens (including phenoxy) is 3. The van der Waals surface area contributed by atoms with E-state index in [0.29, 0.717) is 19.3 Å². The molecule has 0 aliphatic carbocycles. The summed E-state index contributed by atoms with van der Waals surface area (Å²) in [4.78, 5) is 34.1. The van der Waals surface area contributed by atoms with Crippen molar-refractivity contribution in [2.24, 2.45) is 23.7 Å². The van der Waals surface area contributed by atoms with Crippen LogP contribution in [-0.2, 0) is 23.8 Å². The van der Waals surface area contributed by atoms with Gasteiger partial charge in [0.1, 0.15) is 12.2 Å². The summed E-state index contributed by atoms with van der Waals surface area (Å²) in [5.74, 6) is -1.65. The number of likely N-dealkylation sites (N-methyl/N-ethyl adjacent to an activating group) is 1. The van der Waals surface area contributed by atoms with Gasteiger partial charge in [0.25, 0.3) is 0 Å². The summed E-state index contributed by atoms with van der Waals surface area (Å²) in [6.45, 7) is 19.4. The summed E-state index contributed by atoms with van der Waals surface area (Å²) in [5, 5.41) is 34.3. The summed E-state index contributed by atoms with van der Waals surface area (Å²) in [6, 6.07) is -0.636. The molecule has 3 aliphatic rings. The monoisotopic (exact) mass is 750 g/mol. The Bertz CT molecular complexity index is 1150. The minimum atomic E-state index is -1.17. The lowest BCUT2D eigenvalue weighted by Crippen LogP contribution is -2.63. The van der Waals surface area contributed by atoms with Crippen LogP contribution in [-0.4, -0.2) is 144 Å². The molecule has 0 bridgehead atoms. The highest BCUT2D eigenvalue weighted by molar-refractivity contribution is 5.91. The van der Waals surface area contributed by atoms with Crippen LogP contribution in [0.4, 0.5) is 0 Å². The van der Waals surface area contributed by atoms with E-state index in [1.54, 1.807) is 32.0 Å². The first-order chi connectivity index (χ1) is 25.2. The van der Waals surface area contributed by atoms with E-state index in [0.717, 1.165) is 70.5 Å². The molecule has 0 unspecified atom stereocenters. The second kappa shape index (κ2) is 22.8. The number of cyclic esters (lactones) is 1. The molecule has 3 heterocycles. The molecule has 3 aliphatic heterocycles. The third kappa shape index (κ3) is 13.8. The van der Waals surface area contributed by atoms with Gasteiger partial charge in [-0.2, -0.15) is 0 Å². The number of ketones is 1. The normalized spacial score (nSPS) is 37.7. The SMILES string of the molecule is CCCN(CCC)C[C@H]1/C=C(C)\C=C/C(=O)[C@H](C)C[C@H](CCN2CCCCC2)[C@H](O[C@@H]2O[C@H](C)[C@@H](O)[C@H](N(C)C)[C@H]2O)[C@@H](C)[C@H](O)CC(=O)O[C@@H]1CC. The van der Waals surface area contributed by atoms with Gasteiger partial charge in [-0.15, -0.1) is 0 Å². The van der Waals surface area contributed by atoms with Gasteiger partial charge in [-0.3, -0.25) is 9.59 Å². The number of carbonyl (C=O) groups is 2. The number of piperidine rings is 1. The van der Waals surface area contributed by atoms with Crippen molar-refractivity contribution in [3.8, 4) is 0 Å². The van der Waals surface area contributed by atoms with Crippen molar-refractivity contribution in [1.29, 1.82) is 0 Å². The van der Waals surface area contributed by atoms with E-state index >= 15 is 0 Å². The Balaban J connectivity index is 2.04. The fourth-order valence-electron chi connectivity index (χ4n) is 8.61. The van der Waals surface area contributed by atoms with Gasteiger partial charge in [0.2, 0.25) is 0 Å². The van der Waals surface area contributed by atoms with Crippen molar-refractivity contribution in [2.45, 2.75) is 155 Å². The van der Waals surface area contributed by atoms with Crippen LogP contribution >= 0.6 is 0 Å². The van der Waals surface area contributed by atoms with Crippen molar-refractivity contribution >= 4 is 11.8 Å². The zero-order valence-corrected chi connectivity index (χ0v) is 34.5. The second-order valence-electron chi connectivity index (χ2n) is 16.5. The number of hydrogen-bond acceptors (Lipinski definition) is 11. The Morgan fingerprint density at radius 3 is 2.21 bits per heavy atom. The van der Waals surface area contributed by atoms with E-state index in [1.807, 2.05) is 33.8 Å². The summed E-state index contributed by atoms with van der Waals surface area (Å²) in [7, 11) is 3.60. The Kier molecular flexibility index (Phi) is 19.6. The minimum absolute atomic E-state index is 0.0201. The molecule has 0 saturated carbocycles. The van der Waals surface area contributed by atoms with Crippen LogP contribution < -0.4 is 0 Å². The van der Waals surface area contributed by atoms with Crippen molar-refractivity contribution in [1.82, 2.24) is 14.7 Å². The Morgan fingerprint density at radius 2 is 1.60 bits per heavy atom. The molecular formula is C42H75N3O8. The fraction of sp³-hybridized carbons (Fsp3) is 0.857. The molecule has 3 rings (SSSR count). The summed E-state index contributed by atoms with van der Waals surface area (Å²) >= 11 is 0. The van der Waals surface area contributed by atoms with Crippen molar-refractivity contribution < 1.29 is 39.1 Å². The van der Waals surface area contributed by atoms with Crippen LogP contribution in [0.15, 0.2) is 23.8 Å². The molecule has 2 fully saturated rings. The largest absolute Gasteiger partial charge is 0.462 e. The van der Waals surface area contributed by atoms with Crippen LogP contribution in [0.3, 0.4) is 0 Å². The molecular weight excluding hydrogens is 674 g/mol. The fourth-order valence-corrected chi connectivity index (χ4v) is 8.61. The number of allylic oxidation sites excluding steroid dienone is 3. The average molecular weight is 750 g/mol. The number of nitrogens with zero attached hydrogens (tertiary/aromatic N) is 3. The van der Waals surface area contributed by atoms with Gasteiger partial charge < -0.3 is 44.2 Å². The average Bonchev–Trinajstić information content (AvgIpc) is 3.11. The van der Waals surface area contributed by atoms with Gasteiger partial charge >= 0.3 is 5.97 Å². The maximum absolute atomic E-state index is 13.8. The van der Waals surface area contributed by atoms with Gasteiger partial charge in [-0.05, 0) is 118 Å². The smallest absolute Gasteiger partial charge is 0.308 e. The van der Waals surface area contributed by atoms with E-state index in [4.69, 9.17) is 14.2 Å². The molecule has 0 aromatic carbocycles. The van der Waals surface area contributed by atoms with Crippen LogP contribution in [0.25, 0.3) is 0 Å². The van der Waals surface area contributed by atoms with Crippen LogP contribution in [0.2, 0.25) is 0 Å². The van der Waals surface area contributed by atoms with Gasteiger partial charge in [-0.1, -0.05) is 58.8 Å². The predicted molar refractivity (Wildman–Crippen MR) is 209 cm³/mol. The minimum Gasteiger partial charge on any atom is -0.462 e. The number of esters is 1. The standard InChI is InChI=1S/C42H75N3O8/c1-10-19-45(20-11-2)27-33-24-28(4)16-17-34(46)29(5)25-32(18-23-44-21-14-13-15-22-44)41(30(6)35(47)26-37(48)52-36(33)12-3)53-42-40(50)38(43(8)9)39(49)31(7)51-42/h16-17,24,29-33,35-36,38-42,47,49-50H,10-15,18-23,25-27H2,1-9H3/b17-16-,28-24-/t29-,30+,31-,32+,33-,35-,36-,38+,39-,40-,41-,42+/m1/s1. The molecule has 11 heteroatoms. The molecule has 0 amide bonds. The molecule has 3 N–H and O–H groups in total. The van der Waals surface area contributed by atoms with Gasteiger partial charge in [-0.25, -0.2) is 0 Å². The first-order valence-corrected chi connectivity index (χ1v) is 20.8. The lowest BCUT2D eigenvalue weighted by molar-refractivity contribution is -0.304. The number of likely N-dealkylation sites (tertiary alicyclic amines) is 1. The molecule has 11 nitrogen and oxygen atoms in total. The van der Waals surface area contributed by atoms with E-state index in [2.05, 4.69) is 29.7 Å². The molecule has 0 spiro atoms. The number of hydrogen-bond donors (Lipinski definition) is 3. The maximum Gasteiger partial charge on any atom is 0.308 e. The lowest BCUT2D eigenvalue weighted by Gasteiger charge is -2.47. The van der Waals surface area contributed by atoms with E-state index < -0.39 is 60.8 Å². The lowest BCUT2D eigenvalue weighted by atomic mass is 9.79. The molecule has 0 aromatic heterocycles. The molecule has 53 heavy (non-hydrogen) atoms. The highest BCUT2D eigenvalue weighted by Crippen LogP contribution is 2.35. The molecule has 0 radical (unpaired) electrons.